The number of aryl methyl sites for hydroxylation is 1. The lowest BCUT2D eigenvalue weighted by molar-refractivity contribution is 0.341. The predicted octanol–water partition coefficient (Wildman–Crippen LogP) is 4.25. The Labute approximate surface area is 127 Å². The Bertz CT molecular complexity index is 654. The first-order valence-electron chi connectivity index (χ1n) is 7.76. The van der Waals surface area contributed by atoms with Crippen LogP contribution in [0.4, 0.5) is 0 Å². The van der Waals surface area contributed by atoms with Crippen LogP contribution in [-0.2, 0) is 12.0 Å². The second-order valence-electron chi connectivity index (χ2n) is 6.74. The van der Waals surface area contributed by atoms with E-state index in [-0.39, 0.29) is 11.1 Å². The maximum atomic E-state index is 12.5. The number of hydrogen-bond donors (Lipinski definition) is 1. The van der Waals surface area contributed by atoms with Gasteiger partial charge in [-0.2, -0.15) is 0 Å². The molecular formula is C18H26N2O. The quantitative estimate of drug-likeness (QED) is 0.896. The molecule has 1 N–H and O–H groups in total. The van der Waals surface area contributed by atoms with Gasteiger partial charge in [-0.05, 0) is 46.1 Å². The van der Waals surface area contributed by atoms with Crippen LogP contribution in [0.5, 0.6) is 0 Å². The van der Waals surface area contributed by atoms with Crippen molar-refractivity contribution >= 4 is 0 Å². The molecule has 0 bridgehead atoms. The lowest BCUT2D eigenvalue weighted by Crippen LogP contribution is -2.26. The van der Waals surface area contributed by atoms with E-state index in [4.69, 9.17) is 0 Å². The van der Waals surface area contributed by atoms with Gasteiger partial charge in [-0.15, -0.1) is 0 Å². The fraction of sp³-hybridized carbons (Fsp3) is 0.500. The molecule has 0 unspecified atom stereocenters. The number of nitrogens with one attached hydrogen (secondary N) is 1. The van der Waals surface area contributed by atoms with Gasteiger partial charge in [0, 0.05) is 5.69 Å². The molecule has 0 amide bonds. The highest BCUT2D eigenvalue weighted by molar-refractivity contribution is 5.65. The number of rotatable bonds is 4. The van der Waals surface area contributed by atoms with Gasteiger partial charge >= 0.3 is 0 Å². The van der Waals surface area contributed by atoms with Crippen molar-refractivity contribution in [3.63, 3.8) is 0 Å². The Morgan fingerprint density at radius 3 is 2.29 bits per heavy atom. The van der Waals surface area contributed by atoms with E-state index in [1.807, 2.05) is 16.8 Å². The number of aromatic amines is 1. The normalized spacial score (nSPS) is 11.9. The summed E-state index contributed by atoms with van der Waals surface area (Å²) in [7, 11) is 0. The van der Waals surface area contributed by atoms with Gasteiger partial charge in [0.25, 0.3) is 5.56 Å². The van der Waals surface area contributed by atoms with Crippen molar-refractivity contribution in [3.8, 4) is 11.1 Å². The van der Waals surface area contributed by atoms with E-state index in [2.05, 4.69) is 51.9 Å². The smallest absolute Gasteiger partial charge is 0.272 e. The van der Waals surface area contributed by atoms with Gasteiger partial charge in [-0.1, -0.05) is 43.2 Å². The second-order valence-corrected chi connectivity index (χ2v) is 6.74. The first kappa shape index (κ1) is 15.6. The fourth-order valence-electron chi connectivity index (χ4n) is 2.64. The molecule has 0 spiro atoms. The summed E-state index contributed by atoms with van der Waals surface area (Å²) in [6.07, 6.45) is 3.14. The summed E-state index contributed by atoms with van der Waals surface area (Å²) < 4.78 is 2.04. The lowest BCUT2D eigenvalue weighted by atomic mass is 10.0. The molecule has 2 aromatic rings. The van der Waals surface area contributed by atoms with E-state index in [0.717, 1.165) is 36.1 Å². The largest absolute Gasteiger partial charge is 0.283 e. The Kier molecular flexibility index (Phi) is 4.40. The molecule has 1 aromatic heterocycles. The van der Waals surface area contributed by atoms with Crippen LogP contribution < -0.4 is 5.56 Å². The van der Waals surface area contributed by atoms with Gasteiger partial charge in [0.05, 0.1) is 11.1 Å². The molecule has 0 atom stereocenters. The number of H-pyrrole nitrogens is 1. The highest BCUT2D eigenvalue weighted by Crippen LogP contribution is 2.26. The standard InChI is InChI=1S/C18H26N2O/c1-6-7-8-15-16(14-11-9-13(2)10-12-14)17(21)19-20(15)18(3,4)5/h9-12H,6-8H2,1-5H3,(H,19,21). The van der Waals surface area contributed by atoms with Crippen LogP contribution >= 0.6 is 0 Å². The average Bonchev–Trinajstić information content (AvgIpc) is 2.74. The van der Waals surface area contributed by atoms with Crippen molar-refractivity contribution in [1.29, 1.82) is 0 Å². The van der Waals surface area contributed by atoms with Crippen LogP contribution in [0.15, 0.2) is 29.1 Å². The Balaban J connectivity index is 2.61. The van der Waals surface area contributed by atoms with E-state index >= 15 is 0 Å². The number of aromatic nitrogens is 2. The molecule has 0 radical (unpaired) electrons. The van der Waals surface area contributed by atoms with E-state index in [1.54, 1.807) is 0 Å². The van der Waals surface area contributed by atoms with Crippen molar-refractivity contribution in [2.24, 2.45) is 0 Å². The van der Waals surface area contributed by atoms with Crippen molar-refractivity contribution < 1.29 is 0 Å². The maximum absolute atomic E-state index is 12.5. The number of nitrogens with zero attached hydrogens (tertiary/aromatic N) is 1. The van der Waals surface area contributed by atoms with Gasteiger partial charge in [-0.3, -0.25) is 14.6 Å². The number of benzene rings is 1. The minimum absolute atomic E-state index is 0.0138. The summed E-state index contributed by atoms with van der Waals surface area (Å²) in [4.78, 5) is 12.5. The van der Waals surface area contributed by atoms with E-state index in [1.165, 1.54) is 5.56 Å². The molecule has 0 aliphatic heterocycles. The second kappa shape index (κ2) is 5.92. The van der Waals surface area contributed by atoms with Crippen molar-refractivity contribution in [2.75, 3.05) is 0 Å². The molecule has 0 aliphatic carbocycles. The average molecular weight is 286 g/mol. The Hall–Kier alpha value is -1.77. The first-order chi connectivity index (χ1) is 9.84. The summed E-state index contributed by atoms with van der Waals surface area (Å²) in [6, 6.07) is 8.21. The SMILES string of the molecule is CCCCc1c(-c2ccc(C)cc2)c(=O)[nH]n1C(C)(C)C. The third-order valence-electron chi connectivity index (χ3n) is 3.78. The van der Waals surface area contributed by atoms with Crippen LogP contribution in [0.3, 0.4) is 0 Å². The maximum Gasteiger partial charge on any atom is 0.272 e. The fourth-order valence-corrected chi connectivity index (χ4v) is 2.64. The van der Waals surface area contributed by atoms with Crippen LogP contribution in [0.2, 0.25) is 0 Å². The molecule has 114 valence electrons. The Morgan fingerprint density at radius 1 is 1.14 bits per heavy atom. The molecule has 3 nitrogen and oxygen atoms in total. The third-order valence-corrected chi connectivity index (χ3v) is 3.78. The summed E-state index contributed by atoms with van der Waals surface area (Å²) >= 11 is 0. The minimum Gasteiger partial charge on any atom is -0.283 e. The molecule has 0 saturated carbocycles. The molecule has 1 aromatic carbocycles. The Morgan fingerprint density at radius 2 is 1.76 bits per heavy atom. The summed E-state index contributed by atoms with van der Waals surface area (Å²) in [5, 5.41) is 3.04. The lowest BCUT2D eigenvalue weighted by Gasteiger charge is -2.24. The van der Waals surface area contributed by atoms with Gasteiger partial charge in [0.15, 0.2) is 0 Å². The van der Waals surface area contributed by atoms with Crippen LogP contribution in [0, 0.1) is 6.92 Å². The monoisotopic (exact) mass is 286 g/mol. The molecule has 21 heavy (non-hydrogen) atoms. The van der Waals surface area contributed by atoms with Crippen LogP contribution in [0.1, 0.15) is 51.8 Å². The van der Waals surface area contributed by atoms with Crippen molar-refractivity contribution in [3.05, 3.63) is 45.9 Å². The first-order valence-corrected chi connectivity index (χ1v) is 7.76. The highest BCUT2D eigenvalue weighted by atomic mass is 16.1. The minimum atomic E-state index is -0.120. The zero-order valence-corrected chi connectivity index (χ0v) is 13.8. The molecule has 3 heteroatoms. The van der Waals surface area contributed by atoms with Crippen molar-refractivity contribution in [1.82, 2.24) is 9.78 Å². The molecule has 2 rings (SSSR count). The predicted molar refractivity (Wildman–Crippen MR) is 88.8 cm³/mol. The third kappa shape index (κ3) is 3.29. The summed E-state index contributed by atoms with van der Waals surface area (Å²) in [6.45, 7) is 10.6. The van der Waals surface area contributed by atoms with Crippen molar-refractivity contribution in [2.45, 2.75) is 59.4 Å². The molecule has 0 aliphatic rings. The van der Waals surface area contributed by atoms with Gasteiger partial charge in [0.2, 0.25) is 0 Å². The van der Waals surface area contributed by atoms with Gasteiger partial charge in [-0.25, -0.2) is 0 Å². The summed E-state index contributed by atoms with van der Waals surface area (Å²) in [5.41, 5.74) is 4.07. The van der Waals surface area contributed by atoms with E-state index in [9.17, 15) is 4.79 Å². The van der Waals surface area contributed by atoms with Gasteiger partial charge < -0.3 is 0 Å². The van der Waals surface area contributed by atoms with E-state index < -0.39 is 0 Å². The molecule has 0 saturated heterocycles. The molecular weight excluding hydrogens is 260 g/mol. The zero-order chi connectivity index (χ0) is 15.6. The van der Waals surface area contributed by atoms with Crippen LogP contribution in [-0.4, -0.2) is 9.78 Å². The van der Waals surface area contributed by atoms with Crippen LogP contribution in [0.25, 0.3) is 11.1 Å². The topological polar surface area (TPSA) is 37.8 Å². The molecule has 1 heterocycles. The zero-order valence-electron chi connectivity index (χ0n) is 13.8. The highest BCUT2D eigenvalue weighted by Gasteiger charge is 2.23. The number of unbranched alkanes of at least 4 members (excludes halogenated alkanes) is 1. The van der Waals surface area contributed by atoms with E-state index in [0.29, 0.717) is 0 Å². The molecule has 0 fully saturated rings. The summed E-state index contributed by atoms with van der Waals surface area (Å²) in [5.74, 6) is 0. The number of hydrogen-bond acceptors (Lipinski definition) is 1. The van der Waals surface area contributed by atoms with Gasteiger partial charge in [0.1, 0.15) is 0 Å².